The van der Waals surface area contributed by atoms with Crippen molar-refractivity contribution in [2.24, 2.45) is 11.3 Å². The van der Waals surface area contributed by atoms with Crippen LogP contribution in [0.15, 0.2) is 0 Å². The lowest BCUT2D eigenvalue weighted by Crippen LogP contribution is -2.40. The van der Waals surface area contributed by atoms with Crippen LogP contribution in [0.25, 0.3) is 0 Å². The van der Waals surface area contributed by atoms with Gasteiger partial charge in [0.1, 0.15) is 0 Å². The summed E-state index contributed by atoms with van der Waals surface area (Å²) in [6.07, 6.45) is 1.12. The zero-order valence-corrected chi connectivity index (χ0v) is 7.72. The first-order chi connectivity index (χ1) is 5.05. The molecule has 0 spiro atoms. The molecule has 2 unspecified atom stereocenters. The Morgan fingerprint density at radius 3 is 2.45 bits per heavy atom. The van der Waals surface area contributed by atoms with E-state index >= 15 is 0 Å². The van der Waals surface area contributed by atoms with Gasteiger partial charge in [-0.1, -0.05) is 20.8 Å². The number of aliphatic hydroxyl groups is 1. The summed E-state index contributed by atoms with van der Waals surface area (Å²) in [4.78, 5) is 0. The normalized spacial score (nSPS) is 32.7. The Morgan fingerprint density at radius 1 is 1.45 bits per heavy atom. The van der Waals surface area contributed by atoms with Crippen LogP contribution < -0.4 is 5.32 Å². The quantitative estimate of drug-likeness (QED) is 0.595. The van der Waals surface area contributed by atoms with Crippen molar-refractivity contribution in [3.05, 3.63) is 0 Å². The fourth-order valence-corrected chi connectivity index (χ4v) is 1.97. The summed E-state index contributed by atoms with van der Waals surface area (Å²) in [5, 5.41) is 12.5. The standard InChI is InChI=1S/C9H19NO/c1-9(2,3)8-7(6-11)4-5-10-8/h7-8,10-11H,4-6H2,1-3H3. The summed E-state index contributed by atoms with van der Waals surface area (Å²) in [6.45, 7) is 8.05. The third kappa shape index (κ3) is 1.94. The van der Waals surface area contributed by atoms with Gasteiger partial charge < -0.3 is 10.4 Å². The van der Waals surface area contributed by atoms with Crippen LogP contribution in [-0.2, 0) is 0 Å². The van der Waals surface area contributed by atoms with Crippen LogP contribution in [-0.4, -0.2) is 24.3 Å². The van der Waals surface area contributed by atoms with Gasteiger partial charge >= 0.3 is 0 Å². The second-order valence-electron chi connectivity index (χ2n) is 4.53. The molecule has 0 bridgehead atoms. The minimum Gasteiger partial charge on any atom is -0.396 e. The van der Waals surface area contributed by atoms with Crippen molar-refractivity contribution in [1.82, 2.24) is 5.32 Å². The predicted octanol–water partition coefficient (Wildman–Crippen LogP) is 1.00. The number of hydrogen-bond acceptors (Lipinski definition) is 2. The second-order valence-corrected chi connectivity index (χ2v) is 4.53. The SMILES string of the molecule is CC(C)(C)C1NCCC1CO. The minimum atomic E-state index is 0.282. The first-order valence-electron chi connectivity index (χ1n) is 4.40. The third-order valence-electron chi connectivity index (χ3n) is 2.52. The van der Waals surface area contributed by atoms with Gasteiger partial charge in [0, 0.05) is 12.6 Å². The Hall–Kier alpha value is -0.0800. The summed E-state index contributed by atoms with van der Waals surface area (Å²) < 4.78 is 0. The summed E-state index contributed by atoms with van der Waals surface area (Å²) in [6, 6.07) is 0.493. The van der Waals surface area contributed by atoms with Gasteiger partial charge in [0.05, 0.1) is 0 Å². The van der Waals surface area contributed by atoms with Crippen LogP contribution in [0.3, 0.4) is 0 Å². The van der Waals surface area contributed by atoms with Crippen LogP contribution in [0, 0.1) is 11.3 Å². The molecule has 66 valence electrons. The molecule has 11 heavy (non-hydrogen) atoms. The van der Waals surface area contributed by atoms with E-state index in [1.165, 1.54) is 0 Å². The van der Waals surface area contributed by atoms with E-state index in [0.29, 0.717) is 18.6 Å². The van der Waals surface area contributed by atoms with Crippen LogP contribution in [0.4, 0.5) is 0 Å². The summed E-state index contributed by atoms with van der Waals surface area (Å²) in [5.41, 5.74) is 0.282. The van der Waals surface area contributed by atoms with Crippen LogP contribution in [0.2, 0.25) is 0 Å². The molecular weight excluding hydrogens is 138 g/mol. The lowest BCUT2D eigenvalue weighted by molar-refractivity contribution is 0.159. The molecule has 1 aliphatic heterocycles. The van der Waals surface area contributed by atoms with E-state index in [1.54, 1.807) is 0 Å². The van der Waals surface area contributed by atoms with Gasteiger partial charge in [0.25, 0.3) is 0 Å². The highest BCUT2D eigenvalue weighted by Crippen LogP contribution is 2.30. The average Bonchev–Trinajstić information content (AvgIpc) is 2.31. The van der Waals surface area contributed by atoms with Crippen LogP contribution in [0.1, 0.15) is 27.2 Å². The van der Waals surface area contributed by atoms with Crippen molar-refractivity contribution < 1.29 is 5.11 Å². The molecule has 1 heterocycles. The molecular formula is C9H19NO. The van der Waals surface area contributed by atoms with E-state index in [4.69, 9.17) is 5.11 Å². The third-order valence-corrected chi connectivity index (χ3v) is 2.52. The van der Waals surface area contributed by atoms with Gasteiger partial charge in [-0.15, -0.1) is 0 Å². The monoisotopic (exact) mass is 157 g/mol. The highest BCUT2D eigenvalue weighted by molar-refractivity contribution is 4.91. The van der Waals surface area contributed by atoms with E-state index in [-0.39, 0.29) is 5.41 Å². The first kappa shape index (κ1) is 9.01. The Kier molecular flexibility index (Phi) is 2.55. The summed E-state index contributed by atoms with van der Waals surface area (Å²) >= 11 is 0. The fourth-order valence-electron chi connectivity index (χ4n) is 1.97. The van der Waals surface area contributed by atoms with Gasteiger partial charge in [0.15, 0.2) is 0 Å². The molecule has 2 atom stereocenters. The van der Waals surface area contributed by atoms with E-state index < -0.39 is 0 Å². The first-order valence-corrected chi connectivity index (χ1v) is 4.40. The maximum Gasteiger partial charge on any atom is 0.0474 e. The highest BCUT2D eigenvalue weighted by Gasteiger charge is 2.34. The molecule has 2 heteroatoms. The molecule has 0 radical (unpaired) electrons. The zero-order valence-electron chi connectivity index (χ0n) is 7.72. The maximum absolute atomic E-state index is 9.06. The molecule has 1 rings (SSSR count). The van der Waals surface area contributed by atoms with Crippen molar-refractivity contribution in [2.45, 2.75) is 33.2 Å². The van der Waals surface area contributed by atoms with Gasteiger partial charge in [-0.2, -0.15) is 0 Å². The zero-order chi connectivity index (χ0) is 8.48. The lowest BCUT2D eigenvalue weighted by Gasteiger charge is -2.31. The van der Waals surface area contributed by atoms with Crippen molar-refractivity contribution in [3.8, 4) is 0 Å². The smallest absolute Gasteiger partial charge is 0.0474 e. The molecule has 0 aromatic rings. The number of hydrogen-bond donors (Lipinski definition) is 2. The van der Waals surface area contributed by atoms with Gasteiger partial charge in [0.2, 0.25) is 0 Å². The molecule has 1 fully saturated rings. The molecule has 0 saturated carbocycles. The van der Waals surface area contributed by atoms with Crippen molar-refractivity contribution >= 4 is 0 Å². The predicted molar refractivity (Wildman–Crippen MR) is 46.4 cm³/mol. The van der Waals surface area contributed by atoms with Crippen LogP contribution in [0.5, 0.6) is 0 Å². The number of nitrogens with one attached hydrogen (secondary N) is 1. The largest absolute Gasteiger partial charge is 0.396 e. The maximum atomic E-state index is 9.06. The Morgan fingerprint density at radius 2 is 2.09 bits per heavy atom. The molecule has 1 saturated heterocycles. The van der Waals surface area contributed by atoms with Crippen molar-refractivity contribution in [1.29, 1.82) is 0 Å². The Bertz CT molecular complexity index is 128. The number of rotatable bonds is 1. The molecule has 0 aromatic carbocycles. The summed E-state index contributed by atoms with van der Waals surface area (Å²) in [5.74, 6) is 0.468. The number of aliphatic hydroxyl groups excluding tert-OH is 1. The molecule has 2 nitrogen and oxygen atoms in total. The fraction of sp³-hybridized carbons (Fsp3) is 1.00. The molecule has 2 N–H and O–H groups in total. The minimum absolute atomic E-state index is 0.282. The van der Waals surface area contributed by atoms with Crippen molar-refractivity contribution in [3.63, 3.8) is 0 Å². The van der Waals surface area contributed by atoms with E-state index in [2.05, 4.69) is 26.1 Å². The van der Waals surface area contributed by atoms with E-state index in [1.807, 2.05) is 0 Å². The van der Waals surface area contributed by atoms with Crippen molar-refractivity contribution in [2.75, 3.05) is 13.2 Å². The highest BCUT2D eigenvalue weighted by atomic mass is 16.3. The van der Waals surface area contributed by atoms with Crippen LogP contribution >= 0.6 is 0 Å². The lowest BCUT2D eigenvalue weighted by atomic mass is 9.80. The Balaban J connectivity index is 2.57. The average molecular weight is 157 g/mol. The summed E-state index contributed by atoms with van der Waals surface area (Å²) in [7, 11) is 0. The van der Waals surface area contributed by atoms with Gasteiger partial charge in [-0.05, 0) is 24.3 Å². The molecule has 0 aromatic heterocycles. The molecule has 0 aliphatic carbocycles. The molecule has 1 aliphatic rings. The van der Waals surface area contributed by atoms with Gasteiger partial charge in [-0.3, -0.25) is 0 Å². The van der Waals surface area contributed by atoms with E-state index in [9.17, 15) is 0 Å². The molecule has 0 amide bonds. The van der Waals surface area contributed by atoms with E-state index in [0.717, 1.165) is 13.0 Å². The van der Waals surface area contributed by atoms with Gasteiger partial charge in [-0.25, -0.2) is 0 Å². The second kappa shape index (κ2) is 3.11. The topological polar surface area (TPSA) is 32.3 Å². The Labute approximate surface area is 69.0 Å².